The second-order valence-corrected chi connectivity index (χ2v) is 6.52. The Morgan fingerprint density at radius 2 is 1.43 bits per heavy atom. The third-order valence-corrected chi connectivity index (χ3v) is 4.67. The van der Waals surface area contributed by atoms with Crippen LogP contribution in [0.5, 0.6) is 5.75 Å². The molecule has 23 heavy (non-hydrogen) atoms. The first-order valence-electron chi connectivity index (χ1n) is 8.29. The molecule has 1 saturated carbocycles. The predicted molar refractivity (Wildman–Crippen MR) is 93.0 cm³/mol. The third-order valence-electron chi connectivity index (χ3n) is 4.67. The first-order valence-corrected chi connectivity index (χ1v) is 8.29. The molecular formula is C20H23NO2. The Balaban J connectivity index is 1.63. The van der Waals surface area contributed by atoms with Crippen molar-refractivity contribution in [1.82, 2.24) is 0 Å². The zero-order chi connectivity index (χ0) is 16.2. The minimum atomic E-state index is -0.0860. The number of rotatable bonds is 3. The van der Waals surface area contributed by atoms with Crippen molar-refractivity contribution in [2.24, 2.45) is 11.8 Å². The van der Waals surface area contributed by atoms with Crippen molar-refractivity contribution in [2.45, 2.75) is 32.6 Å². The van der Waals surface area contributed by atoms with Gasteiger partial charge in [0.1, 0.15) is 5.75 Å². The Hall–Kier alpha value is -2.29. The highest BCUT2D eigenvalue weighted by Crippen LogP contribution is 2.30. The number of carbonyl (C=O) groups is 1. The molecule has 0 unspecified atom stereocenters. The molecule has 0 radical (unpaired) electrons. The van der Waals surface area contributed by atoms with Crippen molar-refractivity contribution >= 4 is 11.7 Å². The summed E-state index contributed by atoms with van der Waals surface area (Å²) in [5, 5.41) is 0. The summed E-state index contributed by atoms with van der Waals surface area (Å²) in [5.41, 5.74) is 8.63. The number of hydrogen-bond donors (Lipinski definition) is 1. The average molecular weight is 309 g/mol. The van der Waals surface area contributed by atoms with Crippen LogP contribution in [0.15, 0.2) is 48.5 Å². The van der Waals surface area contributed by atoms with Gasteiger partial charge in [0.15, 0.2) is 0 Å². The van der Waals surface area contributed by atoms with Gasteiger partial charge in [0.25, 0.3) is 0 Å². The van der Waals surface area contributed by atoms with E-state index >= 15 is 0 Å². The molecule has 3 nitrogen and oxygen atoms in total. The van der Waals surface area contributed by atoms with Crippen molar-refractivity contribution in [3.05, 3.63) is 48.5 Å². The Kier molecular flexibility index (Phi) is 4.65. The number of benzene rings is 2. The van der Waals surface area contributed by atoms with Gasteiger partial charge >= 0.3 is 5.97 Å². The third kappa shape index (κ3) is 3.92. The summed E-state index contributed by atoms with van der Waals surface area (Å²) in [6, 6.07) is 15.4. The molecule has 2 aromatic rings. The number of nitrogen functional groups attached to an aromatic ring is 1. The molecule has 2 N–H and O–H groups in total. The molecule has 0 atom stereocenters. The van der Waals surface area contributed by atoms with Crippen LogP contribution in [0.25, 0.3) is 11.1 Å². The maximum atomic E-state index is 12.2. The van der Waals surface area contributed by atoms with E-state index in [4.69, 9.17) is 10.5 Å². The Morgan fingerprint density at radius 3 is 2.00 bits per heavy atom. The van der Waals surface area contributed by atoms with Crippen LogP contribution in [0.2, 0.25) is 0 Å². The summed E-state index contributed by atoms with van der Waals surface area (Å²) in [5.74, 6) is 1.33. The van der Waals surface area contributed by atoms with Crippen LogP contribution in [-0.2, 0) is 4.79 Å². The number of carbonyl (C=O) groups excluding carboxylic acids is 1. The van der Waals surface area contributed by atoms with Crippen molar-refractivity contribution in [2.75, 3.05) is 5.73 Å². The first kappa shape index (κ1) is 15.6. The van der Waals surface area contributed by atoms with E-state index in [-0.39, 0.29) is 11.9 Å². The van der Waals surface area contributed by atoms with E-state index in [1.54, 1.807) is 0 Å². The lowest BCUT2D eigenvalue weighted by molar-refractivity contribution is -0.140. The van der Waals surface area contributed by atoms with Crippen molar-refractivity contribution in [1.29, 1.82) is 0 Å². The van der Waals surface area contributed by atoms with Crippen LogP contribution in [0.1, 0.15) is 32.6 Å². The van der Waals surface area contributed by atoms with Crippen LogP contribution >= 0.6 is 0 Å². The SMILES string of the molecule is CC1CCC(C(=O)Oc2ccc(-c3ccc(N)cc3)cc2)CC1. The number of ether oxygens (including phenoxy) is 1. The molecule has 120 valence electrons. The van der Waals surface area contributed by atoms with Gasteiger partial charge in [-0.15, -0.1) is 0 Å². The lowest BCUT2D eigenvalue weighted by Crippen LogP contribution is -2.24. The molecular weight excluding hydrogens is 286 g/mol. The van der Waals surface area contributed by atoms with Crippen molar-refractivity contribution in [3.63, 3.8) is 0 Å². The minimum absolute atomic E-state index is 0.0583. The van der Waals surface area contributed by atoms with Gasteiger partial charge in [0, 0.05) is 5.69 Å². The summed E-state index contributed by atoms with van der Waals surface area (Å²) >= 11 is 0. The van der Waals surface area contributed by atoms with Gasteiger partial charge in [-0.2, -0.15) is 0 Å². The normalized spacial score (nSPS) is 20.9. The van der Waals surface area contributed by atoms with Crippen LogP contribution in [-0.4, -0.2) is 5.97 Å². The Morgan fingerprint density at radius 1 is 0.913 bits per heavy atom. The fraction of sp³-hybridized carbons (Fsp3) is 0.350. The van der Waals surface area contributed by atoms with Gasteiger partial charge in [-0.25, -0.2) is 0 Å². The number of anilines is 1. The predicted octanol–water partition coefficient (Wildman–Crippen LogP) is 4.67. The number of hydrogen-bond acceptors (Lipinski definition) is 3. The molecule has 0 saturated heterocycles. The van der Waals surface area contributed by atoms with E-state index in [9.17, 15) is 4.79 Å². The molecule has 1 fully saturated rings. The fourth-order valence-corrected chi connectivity index (χ4v) is 3.09. The smallest absolute Gasteiger partial charge is 0.314 e. The lowest BCUT2D eigenvalue weighted by atomic mass is 9.83. The average Bonchev–Trinajstić information content (AvgIpc) is 2.57. The van der Waals surface area contributed by atoms with Gasteiger partial charge < -0.3 is 10.5 Å². The summed E-state index contributed by atoms with van der Waals surface area (Å²) in [4.78, 5) is 12.2. The Labute approximate surface area is 137 Å². The second-order valence-electron chi connectivity index (χ2n) is 6.52. The monoisotopic (exact) mass is 309 g/mol. The highest BCUT2D eigenvalue weighted by atomic mass is 16.5. The summed E-state index contributed by atoms with van der Waals surface area (Å²) < 4.78 is 5.54. The van der Waals surface area contributed by atoms with E-state index in [2.05, 4.69) is 6.92 Å². The minimum Gasteiger partial charge on any atom is -0.426 e. The molecule has 2 aromatic carbocycles. The van der Waals surface area contributed by atoms with Gasteiger partial charge in [0.2, 0.25) is 0 Å². The topological polar surface area (TPSA) is 52.3 Å². The van der Waals surface area contributed by atoms with Crippen molar-refractivity contribution < 1.29 is 9.53 Å². The van der Waals surface area contributed by atoms with E-state index in [1.807, 2.05) is 48.5 Å². The Bertz CT molecular complexity index is 653. The molecule has 0 aliphatic heterocycles. The van der Waals surface area contributed by atoms with Crippen LogP contribution in [0.4, 0.5) is 5.69 Å². The standard InChI is InChI=1S/C20H23NO2/c1-14-2-4-17(5-3-14)20(22)23-19-12-8-16(9-13-19)15-6-10-18(21)11-7-15/h6-14,17H,2-5,21H2,1H3. The highest BCUT2D eigenvalue weighted by molar-refractivity contribution is 5.75. The van der Waals surface area contributed by atoms with E-state index in [1.165, 1.54) is 0 Å². The summed E-state index contributed by atoms with van der Waals surface area (Å²) in [7, 11) is 0. The molecule has 0 amide bonds. The molecule has 3 rings (SSSR count). The zero-order valence-corrected chi connectivity index (χ0v) is 13.5. The van der Waals surface area contributed by atoms with Crippen LogP contribution in [0.3, 0.4) is 0 Å². The lowest BCUT2D eigenvalue weighted by Gasteiger charge is -2.24. The quantitative estimate of drug-likeness (QED) is 0.509. The summed E-state index contributed by atoms with van der Waals surface area (Å²) in [6.07, 6.45) is 4.14. The highest BCUT2D eigenvalue weighted by Gasteiger charge is 2.25. The summed E-state index contributed by atoms with van der Waals surface area (Å²) in [6.45, 7) is 2.25. The number of nitrogens with two attached hydrogens (primary N) is 1. The number of esters is 1. The van der Waals surface area contributed by atoms with Gasteiger partial charge in [-0.3, -0.25) is 4.79 Å². The van der Waals surface area contributed by atoms with Crippen LogP contribution in [0, 0.1) is 11.8 Å². The van der Waals surface area contributed by atoms with Crippen molar-refractivity contribution in [3.8, 4) is 16.9 Å². The molecule has 0 aromatic heterocycles. The second kappa shape index (κ2) is 6.86. The molecule has 1 aliphatic rings. The van der Waals surface area contributed by atoms with E-state index < -0.39 is 0 Å². The van der Waals surface area contributed by atoms with E-state index in [0.29, 0.717) is 5.75 Å². The molecule has 0 bridgehead atoms. The maximum absolute atomic E-state index is 12.2. The fourth-order valence-electron chi connectivity index (χ4n) is 3.09. The van der Waals surface area contributed by atoms with Gasteiger partial charge in [-0.1, -0.05) is 31.2 Å². The van der Waals surface area contributed by atoms with Gasteiger partial charge in [-0.05, 0) is 67.0 Å². The molecule has 1 aliphatic carbocycles. The molecule has 0 heterocycles. The van der Waals surface area contributed by atoms with E-state index in [0.717, 1.165) is 48.4 Å². The first-order chi connectivity index (χ1) is 11.1. The largest absolute Gasteiger partial charge is 0.426 e. The molecule has 3 heteroatoms. The zero-order valence-electron chi connectivity index (χ0n) is 13.5. The molecule has 0 spiro atoms. The van der Waals surface area contributed by atoms with Crippen LogP contribution < -0.4 is 10.5 Å². The maximum Gasteiger partial charge on any atom is 0.314 e. The van der Waals surface area contributed by atoms with Gasteiger partial charge in [0.05, 0.1) is 5.92 Å².